The molecule has 1 saturated carbocycles. The van der Waals surface area contributed by atoms with Crippen molar-refractivity contribution in [3.05, 3.63) is 0 Å². The Morgan fingerprint density at radius 2 is 2.19 bits per heavy atom. The minimum Gasteiger partial charge on any atom is -0.379 e. The molecule has 1 aliphatic heterocycles. The predicted octanol–water partition coefficient (Wildman–Crippen LogP) is 2.41. The zero-order valence-corrected chi connectivity index (χ0v) is 11.2. The minimum absolute atomic E-state index is 0.336. The molecular formula is C12H22N2OS. The lowest BCUT2D eigenvalue weighted by Gasteiger charge is -2.28. The standard InChI is InChI=1S/C12H22N2OS/c1-8-7-9(2)16-12(13-8)14-10-5-4-6-11(10)15-3/h8-11H,4-7H2,1-3H3,(H,13,14). The van der Waals surface area contributed by atoms with Gasteiger partial charge in [-0.15, -0.1) is 0 Å². The summed E-state index contributed by atoms with van der Waals surface area (Å²) in [4.78, 5) is 4.83. The SMILES string of the molecule is COC1CCCC1N=C1NC(C)CC(C)S1. The number of rotatable bonds is 2. The Hall–Kier alpha value is -0.220. The van der Waals surface area contributed by atoms with Gasteiger partial charge in [0.25, 0.3) is 0 Å². The maximum atomic E-state index is 5.47. The smallest absolute Gasteiger partial charge is 0.157 e. The Morgan fingerprint density at radius 3 is 2.88 bits per heavy atom. The number of nitrogens with zero attached hydrogens (tertiary/aromatic N) is 1. The molecular weight excluding hydrogens is 220 g/mol. The summed E-state index contributed by atoms with van der Waals surface area (Å²) in [6, 6.07) is 0.926. The normalized spacial score (nSPS) is 42.3. The van der Waals surface area contributed by atoms with Crippen molar-refractivity contribution in [3.63, 3.8) is 0 Å². The molecule has 3 nitrogen and oxygen atoms in total. The minimum atomic E-state index is 0.336. The lowest BCUT2D eigenvalue weighted by molar-refractivity contribution is 0.0966. The number of aliphatic imine (C=N–C) groups is 1. The fraction of sp³-hybridized carbons (Fsp3) is 0.917. The molecule has 92 valence electrons. The number of amidine groups is 1. The lowest BCUT2D eigenvalue weighted by atomic mass is 10.2. The highest BCUT2D eigenvalue weighted by atomic mass is 32.2. The van der Waals surface area contributed by atoms with Gasteiger partial charge in [0.05, 0.1) is 12.1 Å². The quantitative estimate of drug-likeness (QED) is 0.807. The first-order valence-electron chi connectivity index (χ1n) is 6.23. The summed E-state index contributed by atoms with van der Waals surface area (Å²) < 4.78 is 5.47. The van der Waals surface area contributed by atoms with Crippen LogP contribution in [0.25, 0.3) is 0 Å². The van der Waals surface area contributed by atoms with Crippen molar-refractivity contribution in [1.82, 2.24) is 5.32 Å². The zero-order valence-electron chi connectivity index (χ0n) is 10.4. The molecule has 0 amide bonds. The Balaban J connectivity index is 1.99. The highest BCUT2D eigenvalue weighted by Gasteiger charge is 2.28. The van der Waals surface area contributed by atoms with E-state index in [1.807, 2.05) is 11.8 Å². The van der Waals surface area contributed by atoms with Crippen LogP contribution in [0.2, 0.25) is 0 Å². The van der Waals surface area contributed by atoms with E-state index in [0.717, 1.165) is 11.6 Å². The van der Waals surface area contributed by atoms with E-state index in [-0.39, 0.29) is 0 Å². The summed E-state index contributed by atoms with van der Waals surface area (Å²) in [5.74, 6) is 0. The van der Waals surface area contributed by atoms with Gasteiger partial charge in [-0.3, -0.25) is 4.99 Å². The van der Waals surface area contributed by atoms with Gasteiger partial charge in [0.15, 0.2) is 5.17 Å². The highest BCUT2D eigenvalue weighted by molar-refractivity contribution is 8.14. The fourth-order valence-electron chi connectivity index (χ4n) is 2.59. The summed E-state index contributed by atoms with van der Waals surface area (Å²) in [6.45, 7) is 4.51. The summed E-state index contributed by atoms with van der Waals surface area (Å²) >= 11 is 1.87. The number of nitrogens with one attached hydrogen (secondary N) is 1. The van der Waals surface area contributed by atoms with E-state index in [9.17, 15) is 0 Å². The molecule has 0 aromatic carbocycles. The number of thioether (sulfide) groups is 1. The van der Waals surface area contributed by atoms with Crippen molar-refractivity contribution in [2.45, 2.75) is 63.0 Å². The van der Waals surface area contributed by atoms with Crippen LogP contribution >= 0.6 is 11.8 Å². The van der Waals surface area contributed by atoms with Gasteiger partial charge in [-0.2, -0.15) is 0 Å². The van der Waals surface area contributed by atoms with E-state index in [2.05, 4.69) is 19.2 Å². The summed E-state index contributed by atoms with van der Waals surface area (Å²) in [6.07, 6.45) is 5.14. The molecule has 2 aliphatic rings. The van der Waals surface area contributed by atoms with Crippen molar-refractivity contribution in [2.24, 2.45) is 4.99 Å². The van der Waals surface area contributed by atoms with E-state index < -0.39 is 0 Å². The molecule has 2 fully saturated rings. The average Bonchev–Trinajstić information content (AvgIpc) is 2.63. The fourth-order valence-corrected chi connectivity index (χ4v) is 3.82. The van der Waals surface area contributed by atoms with Gasteiger partial charge >= 0.3 is 0 Å². The Bertz CT molecular complexity index is 258. The molecule has 4 unspecified atom stereocenters. The molecule has 0 spiro atoms. The summed E-state index contributed by atoms with van der Waals surface area (Å²) in [7, 11) is 1.80. The predicted molar refractivity (Wildman–Crippen MR) is 70.1 cm³/mol. The largest absolute Gasteiger partial charge is 0.379 e. The Labute approximate surface area is 102 Å². The van der Waals surface area contributed by atoms with Crippen molar-refractivity contribution >= 4 is 16.9 Å². The molecule has 16 heavy (non-hydrogen) atoms. The number of ether oxygens (including phenoxy) is 1. The van der Waals surface area contributed by atoms with Crippen LogP contribution in [0.4, 0.5) is 0 Å². The van der Waals surface area contributed by atoms with Crippen LogP contribution in [0.15, 0.2) is 4.99 Å². The second-order valence-electron chi connectivity index (χ2n) is 4.92. The first-order valence-corrected chi connectivity index (χ1v) is 7.10. The van der Waals surface area contributed by atoms with Crippen LogP contribution in [0.5, 0.6) is 0 Å². The van der Waals surface area contributed by atoms with Crippen molar-refractivity contribution in [2.75, 3.05) is 7.11 Å². The maximum absolute atomic E-state index is 5.47. The summed E-state index contributed by atoms with van der Waals surface area (Å²) in [5, 5.41) is 5.28. The molecule has 0 bridgehead atoms. The third-order valence-corrected chi connectivity index (χ3v) is 4.41. The van der Waals surface area contributed by atoms with Crippen molar-refractivity contribution in [3.8, 4) is 0 Å². The monoisotopic (exact) mass is 242 g/mol. The molecule has 4 atom stereocenters. The van der Waals surface area contributed by atoms with Gasteiger partial charge in [-0.05, 0) is 32.6 Å². The zero-order chi connectivity index (χ0) is 11.5. The van der Waals surface area contributed by atoms with Crippen LogP contribution in [0.1, 0.15) is 39.5 Å². The van der Waals surface area contributed by atoms with E-state index in [4.69, 9.17) is 9.73 Å². The van der Waals surface area contributed by atoms with Crippen molar-refractivity contribution < 1.29 is 4.74 Å². The van der Waals surface area contributed by atoms with E-state index in [1.54, 1.807) is 7.11 Å². The van der Waals surface area contributed by atoms with Crippen LogP contribution in [-0.2, 0) is 4.74 Å². The van der Waals surface area contributed by atoms with E-state index >= 15 is 0 Å². The van der Waals surface area contributed by atoms with Crippen molar-refractivity contribution in [1.29, 1.82) is 0 Å². The van der Waals surface area contributed by atoms with Crippen LogP contribution < -0.4 is 5.32 Å². The molecule has 4 heteroatoms. The van der Waals surface area contributed by atoms with Crippen LogP contribution in [0.3, 0.4) is 0 Å². The van der Waals surface area contributed by atoms with Gasteiger partial charge in [-0.25, -0.2) is 0 Å². The Morgan fingerprint density at radius 1 is 1.38 bits per heavy atom. The first-order chi connectivity index (χ1) is 7.69. The molecule has 0 radical (unpaired) electrons. The third-order valence-electron chi connectivity index (χ3n) is 3.37. The number of methoxy groups -OCH3 is 1. The number of hydrogen-bond acceptors (Lipinski definition) is 3. The van der Waals surface area contributed by atoms with Gasteiger partial charge in [-0.1, -0.05) is 18.7 Å². The third kappa shape index (κ3) is 2.92. The van der Waals surface area contributed by atoms with Gasteiger partial charge in [0.2, 0.25) is 0 Å². The number of hydrogen-bond donors (Lipinski definition) is 1. The second-order valence-corrected chi connectivity index (χ2v) is 6.34. The summed E-state index contributed by atoms with van der Waals surface area (Å²) in [5.41, 5.74) is 0. The van der Waals surface area contributed by atoms with Gasteiger partial charge < -0.3 is 10.1 Å². The van der Waals surface area contributed by atoms with E-state index in [1.165, 1.54) is 19.3 Å². The molecule has 1 N–H and O–H groups in total. The molecule has 0 aromatic heterocycles. The van der Waals surface area contributed by atoms with E-state index in [0.29, 0.717) is 23.4 Å². The van der Waals surface area contributed by atoms with Gasteiger partial charge in [0.1, 0.15) is 0 Å². The first kappa shape index (κ1) is 12.2. The molecule has 1 saturated heterocycles. The Kier molecular flexibility index (Phi) is 4.14. The second kappa shape index (κ2) is 5.41. The molecule has 0 aromatic rings. The highest BCUT2D eigenvalue weighted by Crippen LogP contribution is 2.28. The average molecular weight is 242 g/mol. The van der Waals surface area contributed by atoms with Gasteiger partial charge in [0, 0.05) is 18.4 Å². The molecule has 1 aliphatic carbocycles. The topological polar surface area (TPSA) is 33.6 Å². The lowest BCUT2D eigenvalue weighted by Crippen LogP contribution is -2.39. The molecule has 2 rings (SSSR count). The van der Waals surface area contributed by atoms with Crippen LogP contribution in [0, 0.1) is 0 Å². The van der Waals surface area contributed by atoms with Crippen LogP contribution in [-0.4, -0.2) is 35.7 Å². The maximum Gasteiger partial charge on any atom is 0.157 e. The molecule has 1 heterocycles.